The number of hydrogen-bond acceptors (Lipinski definition) is 3. The maximum Gasteiger partial charge on any atom is 0.233 e. The third kappa shape index (κ3) is 3.95. The predicted octanol–water partition coefficient (Wildman–Crippen LogP) is 1.04. The molecule has 18 heavy (non-hydrogen) atoms. The van der Waals surface area contributed by atoms with E-state index in [1.165, 1.54) is 32.1 Å². The number of aliphatic hydroxyl groups is 1. The van der Waals surface area contributed by atoms with Crippen molar-refractivity contribution in [1.82, 2.24) is 10.6 Å². The van der Waals surface area contributed by atoms with Gasteiger partial charge in [-0.25, -0.2) is 0 Å². The van der Waals surface area contributed by atoms with Gasteiger partial charge in [-0.3, -0.25) is 4.79 Å². The summed E-state index contributed by atoms with van der Waals surface area (Å²) in [4.78, 5) is 11.7. The zero-order valence-corrected chi connectivity index (χ0v) is 11.2. The maximum absolute atomic E-state index is 11.7. The van der Waals surface area contributed by atoms with Crippen molar-refractivity contribution in [2.24, 2.45) is 11.8 Å². The Morgan fingerprint density at radius 3 is 2.50 bits per heavy atom. The molecule has 2 rings (SSSR count). The van der Waals surface area contributed by atoms with E-state index in [0.717, 1.165) is 19.4 Å². The molecule has 0 aliphatic heterocycles. The highest BCUT2D eigenvalue weighted by molar-refractivity contribution is 5.78. The van der Waals surface area contributed by atoms with Gasteiger partial charge in [0.05, 0.1) is 6.54 Å². The van der Waals surface area contributed by atoms with Gasteiger partial charge in [-0.15, -0.1) is 0 Å². The molecule has 4 nitrogen and oxygen atoms in total. The molecule has 104 valence electrons. The van der Waals surface area contributed by atoms with Crippen molar-refractivity contribution in [2.75, 3.05) is 19.7 Å². The topological polar surface area (TPSA) is 61.4 Å². The summed E-state index contributed by atoms with van der Waals surface area (Å²) in [5.41, 5.74) is 0. The van der Waals surface area contributed by atoms with Crippen LogP contribution in [0.15, 0.2) is 0 Å². The molecule has 4 heteroatoms. The molecule has 2 unspecified atom stereocenters. The molecule has 1 amide bonds. The van der Waals surface area contributed by atoms with Crippen LogP contribution in [0.1, 0.15) is 44.9 Å². The van der Waals surface area contributed by atoms with Crippen LogP contribution in [0.25, 0.3) is 0 Å². The summed E-state index contributed by atoms with van der Waals surface area (Å²) in [6.07, 6.45) is 8.44. The molecule has 0 aromatic carbocycles. The van der Waals surface area contributed by atoms with Gasteiger partial charge >= 0.3 is 0 Å². The Morgan fingerprint density at radius 2 is 1.78 bits per heavy atom. The van der Waals surface area contributed by atoms with Crippen LogP contribution in [0.4, 0.5) is 0 Å². The number of hydrogen-bond donors (Lipinski definition) is 3. The lowest BCUT2D eigenvalue weighted by molar-refractivity contribution is -0.120. The van der Waals surface area contributed by atoms with E-state index in [2.05, 4.69) is 10.6 Å². The zero-order chi connectivity index (χ0) is 12.8. The molecular weight excluding hydrogens is 228 g/mol. The Balaban J connectivity index is 1.59. The first-order valence-corrected chi connectivity index (χ1v) is 7.40. The third-order valence-electron chi connectivity index (χ3n) is 4.52. The summed E-state index contributed by atoms with van der Waals surface area (Å²) in [6.45, 7) is 1.44. The van der Waals surface area contributed by atoms with E-state index in [-0.39, 0.29) is 12.5 Å². The van der Waals surface area contributed by atoms with Gasteiger partial charge in [0.15, 0.2) is 0 Å². The number of carbonyl (C=O) groups excluding carboxylic acids is 1. The van der Waals surface area contributed by atoms with Crippen molar-refractivity contribution in [3.05, 3.63) is 0 Å². The van der Waals surface area contributed by atoms with Crippen LogP contribution >= 0.6 is 0 Å². The molecule has 0 aromatic rings. The van der Waals surface area contributed by atoms with E-state index >= 15 is 0 Å². The number of amides is 1. The summed E-state index contributed by atoms with van der Waals surface area (Å²) in [5.74, 6) is 0.976. The fourth-order valence-corrected chi connectivity index (χ4v) is 3.30. The Bertz CT molecular complexity index is 265. The molecule has 0 bridgehead atoms. The van der Waals surface area contributed by atoms with Gasteiger partial charge in [-0.05, 0) is 37.5 Å². The van der Waals surface area contributed by atoms with Crippen LogP contribution in [0.5, 0.6) is 0 Å². The van der Waals surface area contributed by atoms with Crippen LogP contribution in [0, 0.1) is 11.8 Å². The highest BCUT2D eigenvalue weighted by Gasteiger charge is 2.26. The van der Waals surface area contributed by atoms with Crippen LogP contribution in [0.3, 0.4) is 0 Å². The lowest BCUT2D eigenvalue weighted by atomic mass is 9.97. The van der Waals surface area contributed by atoms with Gasteiger partial charge in [-0.1, -0.05) is 19.3 Å². The average molecular weight is 254 g/mol. The SMILES string of the molecule is O=C(CNC1CCCC1)NCC1CCCC1CO. The van der Waals surface area contributed by atoms with Crippen molar-refractivity contribution >= 4 is 5.91 Å². The van der Waals surface area contributed by atoms with Crippen molar-refractivity contribution in [3.8, 4) is 0 Å². The van der Waals surface area contributed by atoms with E-state index in [1.807, 2.05) is 0 Å². The molecule has 2 fully saturated rings. The van der Waals surface area contributed by atoms with Gasteiger partial charge in [0, 0.05) is 19.2 Å². The molecule has 2 atom stereocenters. The molecule has 0 heterocycles. The lowest BCUT2D eigenvalue weighted by Crippen LogP contribution is -2.40. The van der Waals surface area contributed by atoms with E-state index in [1.54, 1.807) is 0 Å². The van der Waals surface area contributed by atoms with E-state index < -0.39 is 0 Å². The molecule has 2 aliphatic carbocycles. The minimum Gasteiger partial charge on any atom is -0.396 e. The average Bonchev–Trinajstić information content (AvgIpc) is 3.04. The van der Waals surface area contributed by atoms with Gasteiger partial charge < -0.3 is 15.7 Å². The first-order valence-electron chi connectivity index (χ1n) is 7.40. The smallest absolute Gasteiger partial charge is 0.233 e. The summed E-state index contributed by atoms with van der Waals surface area (Å²) in [6, 6.07) is 0.549. The minimum atomic E-state index is 0.102. The molecule has 2 aliphatic rings. The highest BCUT2D eigenvalue weighted by atomic mass is 16.3. The van der Waals surface area contributed by atoms with Gasteiger partial charge in [0.2, 0.25) is 5.91 Å². The summed E-state index contributed by atoms with van der Waals surface area (Å²) in [7, 11) is 0. The first-order chi connectivity index (χ1) is 8.79. The number of nitrogens with one attached hydrogen (secondary N) is 2. The second kappa shape index (κ2) is 7.10. The Labute approximate surface area is 110 Å². The Morgan fingerprint density at radius 1 is 1.06 bits per heavy atom. The number of aliphatic hydroxyl groups excluding tert-OH is 1. The van der Waals surface area contributed by atoms with Crippen molar-refractivity contribution in [3.63, 3.8) is 0 Å². The molecule has 0 spiro atoms. The van der Waals surface area contributed by atoms with Gasteiger partial charge in [-0.2, -0.15) is 0 Å². The standard InChI is InChI=1S/C14H26N2O2/c17-10-12-5-3-4-11(12)8-16-14(18)9-15-13-6-1-2-7-13/h11-13,15,17H,1-10H2,(H,16,18). The van der Waals surface area contributed by atoms with E-state index in [0.29, 0.717) is 24.4 Å². The molecule has 0 radical (unpaired) electrons. The molecule has 2 saturated carbocycles. The molecule has 0 saturated heterocycles. The third-order valence-corrected chi connectivity index (χ3v) is 4.52. The number of rotatable bonds is 6. The van der Waals surface area contributed by atoms with Crippen molar-refractivity contribution < 1.29 is 9.90 Å². The van der Waals surface area contributed by atoms with Crippen molar-refractivity contribution in [2.45, 2.75) is 51.0 Å². The molecular formula is C14H26N2O2. The molecule has 0 aromatic heterocycles. The summed E-state index contributed by atoms with van der Waals surface area (Å²) in [5, 5.41) is 15.5. The van der Waals surface area contributed by atoms with Gasteiger partial charge in [0.1, 0.15) is 0 Å². The first kappa shape index (κ1) is 13.8. The van der Waals surface area contributed by atoms with Crippen LogP contribution in [0.2, 0.25) is 0 Å². The van der Waals surface area contributed by atoms with Crippen LogP contribution in [-0.4, -0.2) is 36.8 Å². The zero-order valence-electron chi connectivity index (χ0n) is 11.2. The number of carbonyl (C=O) groups is 1. The van der Waals surface area contributed by atoms with Crippen LogP contribution in [-0.2, 0) is 4.79 Å². The van der Waals surface area contributed by atoms with Gasteiger partial charge in [0.25, 0.3) is 0 Å². The second-order valence-corrected chi connectivity index (χ2v) is 5.80. The second-order valence-electron chi connectivity index (χ2n) is 5.80. The van der Waals surface area contributed by atoms with E-state index in [4.69, 9.17) is 0 Å². The summed E-state index contributed by atoms with van der Waals surface area (Å²) >= 11 is 0. The van der Waals surface area contributed by atoms with E-state index in [9.17, 15) is 9.90 Å². The maximum atomic E-state index is 11.7. The summed E-state index contributed by atoms with van der Waals surface area (Å²) < 4.78 is 0. The normalized spacial score (nSPS) is 28.7. The quantitative estimate of drug-likeness (QED) is 0.664. The van der Waals surface area contributed by atoms with Crippen molar-refractivity contribution in [1.29, 1.82) is 0 Å². The van der Waals surface area contributed by atoms with Crippen LogP contribution < -0.4 is 10.6 Å². The predicted molar refractivity (Wildman–Crippen MR) is 71.2 cm³/mol. The Hall–Kier alpha value is -0.610. The largest absolute Gasteiger partial charge is 0.396 e. The minimum absolute atomic E-state index is 0.102. The highest BCUT2D eigenvalue weighted by Crippen LogP contribution is 2.30. The fraction of sp³-hybridized carbons (Fsp3) is 0.929. The lowest BCUT2D eigenvalue weighted by Gasteiger charge is -2.18. The monoisotopic (exact) mass is 254 g/mol. The fourth-order valence-electron chi connectivity index (χ4n) is 3.30. The molecule has 3 N–H and O–H groups in total. The Kier molecular flexibility index (Phi) is 5.45.